The van der Waals surface area contributed by atoms with Crippen LogP contribution in [0.25, 0.3) is 5.82 Å². The summed E-state index contributed by atoms with van der Waals surface area (Å²) in [5.74, 6) is -1.86. The highest BCUT2D eigenvalue weighted by Crippen LogP contribution is 2.10. The first-order chi connectivity index (χ1) is 7.70. The molecule has 0 radical (unpaired) electrons. The standard InChI is InChI=1S/C8H5F2N5O/c9-5-1-6(10)7(11-2-5)15-3-12-8(14-15)13-4-16/h1-4H,(H,13,14,16). The van der Waals surface area contributed by atoms with Crippen LogP contribution in [0.3, 0.4) is 0 Å². The van der Waals surface area contributed by atoms with Gasteiger partial charge in [-0.3, -0.25) is 10.1 Å². The van der Waals surface area contributed by atoms with E-state index in [-0.39, 0.29) is 11.8 Å². The quantitative estimate of drug-likeness (QED) is 0.772. The Bertz CT molecular complexity index is 527. The molecular formula is C8H5F2N5O. The lowest BCUT2D eigenvalue weighted by atomic mass is 10.4. The number of nitrogens with zero attached hydrogens (tertiary/aromatic N) is 4. The first kappa shape index (κ1) is 10.1. The molecule has 0 aromatic carbocycles. The van der Waals surface area contributed by atoms with Crippen molar-refractivity contribution in [3.05, 3.63) is 30.2 Å². The molecule has 1 N–H and O–H groups in total. The molecule has 0 aliphatic carbocycles. The molecule has 2 rings (SSSR count). The third-order valence-corrected chi connectivity index (χ3v) is 1.69. The van der Waals surface area contributed by atoms with Gasteiger partial charge < -0.3 is 0 Å². The Morgan fingerprint density at radius 2 is 2.19 bits per heavy atom. The Morgan fingerprint density at radius 1 is 1.38 bits per heavy atom. The summed E-state index contributed by atoms with van der Waals surface area (Å²) >= 11 is 0. The zero-order chi connectivity index (χ0) is 11.5. The predicted octanol–water partition coefficient (Wildman–Crippen LogP) is 0.509. The molecule has 0 atom stereocenters. The summed E-state index contributed by atoms with van der Waals surface area (Å²) in [4.78, 5) is 17.3. The minimum Gasteiger partial charge on any atom is -0.296 e. The molecule has 0 bridgehead atoms. The normalized spacial score (nSPS) is 10.1. The maximum absolute atomic E-state index is 13.3. The van der Waals surface area contributed by atoms with Crippen molar-refractivity contribution in [2.75, 3.05) is 5.32 Å². The third kappa shape index (κ3) is 1.85. The van der Waals surface area contributed by atoms with Crippen LogP contribution in [-0.2, 0) is 4.79 Å². The Balaban J connectivity index is 2.38. The number of amides is 1. The summed E-state index contributed by atoms with van der Waals surface area (Å²) < 4.78 is 26.8. The Hall–Kier alpha value is -2.38. The van der Waals surface area contributed by atoms with E-state index in [1.165, 1.54) is 0 Å². The average Bonchev–Trinajstić information content (AvgIpc) is 2.67. The number of hydrogen-bond acceptors (Lipinski definition) is 4. The zero-order valence-electron chi connectivity index (χ0n) is 7.76. The number of rotatable bonds is 3. The number of nitrogens with one attached hydrogen (secondary N) is 1. The Kier molecular flexibility index (Phi) is 2.54. The molecule has 8 heteroatoms. The summed E-state index contributed by atoms with van der Waals surface area (Å²) in [5, 5.41) is 5.88. The summed E-state index contributed by atoms with van der Waals surface area (Å²) in [7, 11) is 0. The van der Waals surface area contributed by atoms with E-state index in [0.29, 0.717) is 12.5 Å². The second-order valence-corrected chi connectivity index (χ2v) is 2.73. The fourth-order valence-corrected chi connectivity index (χ4v) is 1.06. The topological polar surface area (TPSA) is 72.7 Å². The average molecular weight is 225 g/mol. The van der Waals surface area contributed by atoms with Gasteiger partial charge in [0.05, 0.1) is 6.20 Å². The van der Waals surface area contributed by atoms with Crippen LogP contribution in [0, 0.1) is 11.6 Å². The molecule has 0 fully saturated rings. The molecule has 0 saturated heterocycles. The van der Waals surface area contributed by atoms with Crippen molar-refractivity contribution in [3.8, 4) is 5.82 Å². The van der Waals surface area contributed by atoms with Crippen LogP contribution in [0.2, 0.25) is 0 Å². The van der Waals surface area contributed by atoms with E-state index in [2.05, 4.69) is 20.4 Å². The lowest BCUT2D eigenvalue weighted by molar-refractivity contribution is -0.105. The smallest absolute Gasteiger partial charge is 0.248 e. The fraction of sp³-hybridized carbons (Fsp3) is 0. The zero-order valence-corrected chi connectivity index (χ0v) is 7.76. The number of pyridine rings is 1. The molecule has 1 amide bonds. The van der Waals surface area contributed by atoms with E-state index in [1.807, 2.05) is 0 Å². The van der Waals surface area contributed by atoms with Crippen LogP contribution in [0.1, 0.15) is 0 Å². The first-order valence-electron chi connectivity index (χ1n) is 4.14. The number of hydrogen-bond donors (Lipinski definition) is 1. The van der Waals surface area contributed by atoms with Gasteiger partial charge in [0, 0.05) is 6.07 Å². The Labute approximate surface area is 87.9 Å². The summed E-state index contributed by atoms with van der Waals surface area (Å²) in [6, 6.07) is 0.677. The van der Waals surface area contributed by atoms with Crippen molar-refractivity contribution in [2.24, 2.45) is 0 Å². The van der Waals surface area contributed by atoms with Crippen molar-refractivity contribution < 1.29 is 13.6 Å². The van der Waals surface area contributed by atoms with Crippen LogP contribution in [-0.4, -0.2) is 26.2 Å². The summed E-state index contributed by atoms with van der Waals surface area (Å²) in [5.41, 5.74) is 0. The van der Waals surface area contributed by atoms with Crippen molar-refractivity contribution in [3.63, 3.8) is 0 Å². The van der Waals surface area contributed by atoms with E-state index >= 15 is 0 Å². The second-order valence-electron chi connectivity index (χ2n) is 2.73. The van der Waals surface area contributed by atoms with Crippen molar-refractivity contribution >= 4 is 12.4 Å². The molecule has 0 spiro atoms. The van der Waals surface area contributed by atoms with Gasteiger partial charge in [-0.25, -0.2) is 13.8 Å². The monoisotopic (exact) mass is 225 g/mol. The van der Waals surface area contributed by atoms with Crippen LogP contribution in [0.4, 0.5) is 14.7 Å². The number of carbonyl (C=O) groups excluding carboxylic acids is 1. The number of carbonyl (C=O) groups is 1. The van der Waals surface area contributed by atoms with Gasteiger partial charge in [-0.1, -0.05) is 0 Å². The molecule has 2 aromatic rings. The fourth-order valence-electron chi connectivity index (χ4n) is 1.06. The van der Waals surface area contributed by atoms with E-state index in [9.17, 15) is 13.6 Å². The van der Waals surface area contributed by atoms with E-state index in [0.717, 1.165) is 17.2 Å². The molecule has 0 saturated carbocycles. The largest absolute Gasteiger partial charge is 0.296 e. The molecule has 0 unspecified atom stereocenters. The highest BCUT2D eigenvalue weighted by Gasteiger charge is 2.09. The van der Waals surface area contributed by atoms with Crippen LogP contribution >= 0.6 is 0 Å². The Morgan fingerprint density at radius 3 is 2.88 bits per heavy atom. The highest BCUT2D eigenvalue weighted by molar-refractivity contribution is 5.66. The molecule has 2 heterocycles. The van der Waals surface area contributed by atoms with Crippen LogP contribution in [0.15, 0.2) is 18.6 Å². The second kappa shape index (κ2) is 4.01. The number of anilines is 1. The number of aromatic nitrogens is 4. The van der Waals surface area contributed by atoms with Gasteiger partial charge in [0.2, 0.25) is 12.4 Å². The first-order valence-corrected chi connectivity index (χ1v) is 4.14. The highest BCUT2D eigenvalue weighted by atomic mass is 19.1. The molecule has 0 aliphatic rings. The van der Waals surface area contributed by atoms with Crippen LogP contribution in [0.5, 0.6) is 0 Å². The van der Waals surface area contributed by atoms with Gasteiger partial charge in [0.25, 0.3) is 0 Å². The minimum atomic E-state index is -0.873. The third-order valence-electron chi connectivity index (χ3n) is 1.69. The predicted molar refractivity (Wildman–Crippen MR) is 48.8 cm³/mol. The lowest BCUT2D eigenvalue weighted by Crippen LogP contribution is -2.03. The maximum atomic E-state index is 13.3. The molecule has 0 aliphatic heterocycles. The maximum Gasteiger partial charge on any atom is 0.248 e. The molecular weight excluding hydrogens is 220 g/mol. The van der Waals surface area contributed by atoms with Crippen LogP contribution < -0.4 is 5.32 Å². The van der Waals surface area contributed by atoms with Crippen molar-refractivity contribution in [1.29, 1.82) is 0 Å². The minimum absolute atomic E-state index is 0.000486. The molecule has 82 valence electrons. The molecule has 2 aromatic heterocycles. The summed E-state index contributed by atoms with van der Waals surface area (Å²) in [6.45, 7) is 0. The van der Waals surface area contributed by atoms with Gasteiger partial charge in [0.15, 0.2) is 11.6 Å². The van der Waals surface area contributed by atoms with Crippen molar-refractivity contribution in [2.45, 2.75) is 0 Å². The van der Waals surface area contributed by atoms with Gasteiger partial charge >= 0.3 is 0 Å². The SMILES string of the molecule is O=CNc1ncn(-c2ncc(F)cc2F)n1. The van der Waals surface area contributed by atoms with Crippen molar-refractivity contribution in [1.82, 2.24) is 19.7 Å². The van der Waals surface area contributed by atoms with E-state index in [4.69, 9.17) is 0 Å². The van der Waals surface area contributed by atoms with E-state index in [1.54, 1.807) is 0 Å². The number of halogens is 2. The van der Waals surface area contributed by atoms with Gasteiger partial charge in [-0.15, -0.1) is 5.10 Å². The lowest BCUT2D eigenvalue weighted by Gasteiger charge is -1.99. The summed E-state index contributed by atoms with van der Waals surface area (Å²) in [6.07, 6.45) is 2.39. The van der Waals surface area contributed by atoms with Gasteiger partial charge in [-0.05, 0) is 0 Å². The molecule has 16 heavy (non-hydrogen) atoms. The molecule has 6 nitrogen and oxygen atoms in total. The van der Waals surface area contributed by atoms with Gasteiger partial charge in [-0.2, -0.15) is 9.67 Å². The van der Waals surface area contributed by atoms with E-state index < -0.39 is 11.6 Å². The van der Waals surface area contributed by atoms with Gasteiger partial charge in [0.1, 0.15) is 12.1 Å².